The van der Waals surface area contributed by atoms with E-state index in [0.29, 0.717) is 34.6 Å². The Morgan fingerprint density at radius 2 is 1.76 bits per heavy atom. The number of piperazine rings is 1. The highest BCUT2D eigenvalue weighted by atomic mass is 35.5. The van der Waals surface area contributed by atoms with Crippen LogP contribution in [0, 0.1) is 6.92 Å². The van der Waals surface area contributed by atoms with Gasteiger partial charge in [-0.1, -0.05) is 23.7 Å². The molecule has 0 radical (unpaired) electrons. The smallest absolute Gasteiger partial charge is 0.339 e. The molecule has 0 unspecified atom stereocenters. The van der Waals surface area contributed by atoms with E-state index in [9.17, 15) is 9.59 Å². The van der Waals surface area contributed by atoms with Crippen molar-refractivity contribution >= 4 is 39.4 Å². The molecule has 4 aromatic rings. The van der Waals surface area contributed by atoms with E-state index < -0.39 is 5.63 Å². The molecule has 0 bridgehead atoms. The number of benzene rings is 2. The normalized spacial score (nSPS) is 14.9. The molecule has 6 nitrogen and oxygen atoms in total. The van der Waals surface area contributed by atoms with Crippen LogP contribution in [0.15, 0.2) is 56.3 Å². The third-order valence-corrected chi connectivity index (χ3v) is 6.83. The lowest BCUT2D eigenvalue weighted by Gasteiger charge is -2.32. The fourth-order valence-electron chi connectivity index (χ4n) is 4.50. The molecule has 3 heterocycles. The van der Waals surface area contributed by atoms with E-state index in [1.807, 2.05) is 42.2 Å². The zero-order valence-electron chi connectivity index (χ0n) is 18.7. The van der Waals surface area contributed by atoms with Crippen molar-refractivity contribution in [1.82, 2.24) is 9.80 Å². The molecular formula is C26H25ClN2O4. The summed E-state index contributed by atoms with van der Waals surface area (Å²) in [6.07, 6.45) is 2.36. The second kappa shape index (κ2) is 8.69. The standard InChI is InChI=1S/C26H25ClN2O4/c1-16-19(7-8-25(30)29-11-9-28(2)10-12-29)26(31)33-24-14-23-21(13-20(16)24)22(15-32-23)17-3-5-18(27)6-4-17/h3-6,13-15H,7-12H2,1-2H3. The van der Waals surface area contributed by atoms with Gasteiger partial charge in [-0.15, -0.1) is 0 Å². The minimum Gasteiger partial charge on any atom is -0.464 e. The Kier molecular flexibility index (Phi) is 5.72. The molecule has 0 atom stereocenters. The van der Waals surface area contributed by atoms with Crippen molar-refractivity contribution in [1.29, 1.82) is 0 Å². The molecule has 5 rings (SSSR count). The van der Waals surface area contributed by atoms with Gasteiger partial charge in [-0.3, -0.25) is 4.79 Å². The second-order valence-corrected chi connectivity index (χ2v) is 9.11. The van der Waals surface area contributed by atoms with Crippen LogP contribution in [0.5, 0.6) is 0 Å². The first-order chi connectivity index (χ1) is 15.9. The highest BCUT2D eigenvalue weighted by Crippen LogP contribution is 2.35. The molecule has 1 aliphatic heterocycles. The van der Waals surface area contributed by atoms with Gasteiger partial charge >= 0.3 is 5.63 Å². The van der Waals surface area contributed by atoms with Gasteiger partial charge in [0, 0.05) is 65.6 Å². The fourth-order valence-corrected chi connectivity index (χ4v) is 4.62. The van der Waals surface area contributed by atoms with Crippen molar-refractivity contribution in [3.05, 3.63) is 69.2 Å². The molecule has 33 heavy (non-hydrogen) atoms. The zero-order chi connectivity index (χ0) is 23.1. The predicted molar refractivity (Wildman–Crippen MR) is 130 cm³/mol. The van der Waals surface area contributed by atoms with Crippen molar-refractivity contribution in [2.75, 3.05) is 33.2 Å². The average Bonchev–Trinajstić information content (AvgIpc) is 3.21. The van der Waals surface area contributed by atoms with Gasteiger partial charge in [0.15, 0.2) is 0 Å². The van der Waals surface area contributed by atoms with Crippen LogP contribution in [0.3, 0.4) is 0 Å². The number of nitrogens with zero attached hydrogens (tertiary/aromatic N) is 2. The SMILES string of the molecule is Cc1c(CCC(=O)N2CCN(C)CC2)c(=O)oc2cc3occ(-c4ccc(Cl)cc4)c3cc12. The molecule has 1 amide bonds. The van der Waals surface area contributed by atoms with Crippen molar-refractivity contribution in [3.63, 3.8) is 0 Å². The molecule has 1 aliphatic rings. The summed E-state index contributed by atoms with van der Waals surface area (Å²) in [7, 11) is 2.06. The Balaban J connectivity index is 1.48. The van der Waals surface area contributed by atoms with E-state index in [4.69, 9.17) is 20.4 Å². The minimum atomic E-state index is -0.394. The summed E-state index contributed by atoms with van der Waals surface area (Å²) in [5.74, 6) is 0.0808. The van der Waals surface area contributed by atoms with Crippen molar-refractivity contribution < 1.29 is 13.6 Å². The minimum absolute atomic E-state index is 0.0808. The number of fused-ring (bicyclic) bond motifs is 2. The molecule has 0 spiro atoms. The van der Waals surface area contributed by atoms with Gasteiger partial charge in [-0.2, -0.15) is 0 Å². The highest BCUT2D eigenvalue weighted by Gasteiger charge is 2.21. The van der Waals surface area contributed by atoms with Gasteiger partial charge in [0.2, 0.25) is 5.91 Å². The summed E-state index contributed by atoms with van der Waals surface area (Å²) < 4.78 is 11.4. The van der Waals surface area contributed by atoms with Crippen molar-refractivity contribution in [2.45, 2.75) is 19.8 Å². The molecule has 2 aromatic carbocycles. The molecule has 170 valence electrons. The third-order valence-electron chi connectivity index (χ3n) is 6.58. The maximum atomic E-state index is 12.7. The molecule has 0 N–H and O–H groups in total. The summed E-state index contributed by atoms with van der Waals surface area (Å²) in [4.78, 5) is 29.5. The zero-order valence-corrected chi connectivity index (χ0v) is 19.4. The first-order valence-corrected chi connectivity index (χ1v) is 11.5. The number of halogens is 1. The van der Waals surface area contributed by atoms with Crippen LogP contribution in [0.4, 0.5) is 0 Å². The predicted octanol–water partition coefficient (Wildman–Crippen LogP) is 4.87. The van der Waals surface area contributed by atoms with Crippen molar-refractivity contribution in [3.8, 4) is 11.1 Å². The Labute approximate surface area is 196 Å². The van der Waals surface area contributed by atoms with Crippen LogP contribution < -0.4 is 5.63 Å². The molecule has 0 saturated carbocycles. The lowest BCUT2D eigenvalue weighted by atomic mass is 9.99. The molecule has 2 aromatic heterocycles. The van der Waals surface area contributed by atoms with E-state index in [-0.39, 0.29) is 5.91 Å². The van der Waals surface area contributed by atoms with Gasteiger partial charge in [-0.05, 0) is 49.7 Å². The monoisotopic (exact) mass is 464 g/mol. The van der Waals surface area contributed by atoms with E-state index in [1.54, 1.807) is 12.3 Å². The van der Waals surface area contributed by atoms with Crippen LogP contribution in [0.1, 0.15) is 17.5 Å². The van der Waals surface area contributed by atoms with Crippen molar-refractivity contribution in [2.24, 2.45) is 0 Å². The molecule has 7 heteroatoms. The third kappa shape index (κ3) is 4.16. The number of aryl methyl sites for hydroxylation is 1. The summed E-state index contributed by atoms with van der Waals surface area (Å²) >= 11 is 6.04. The van der Waals surface area contributed by atoms with E-state index in [2.05, 4.69) is 11.9 Å². The fraction of sp³-hybridized carbons (Fsp3) is 0.308. The molecule has 1 saturated heterocycles. The van der Waals surface area contributed by atoms with Crippen LogP contribution in [0.25, 0.3) is 33.1 Å². The highest BCUT2D eigenvalue weighted by molar-refractivity contribution is 6.30. The summed E-state index contributed by atoms with van der Waals surface area (Å²) in [6, 6.07) is 11.3. The number of rotatable bonds is 4. The van der Waals surface area contributed by atoms with Gasteiger partial charge < -0.3 is 18.6 Å². The van der Waals surface area contributed by atoms with Gasteiger partial charge in [-0.25, -0.2) is 4.79 Å². The largest absolute Gasteiger partial charge is 0.464 e. The summed E-state index contributed by atoms with van der Waals surface area (Å²) in [5, 5.41) is 2.45. The first kappa shape index (κ1) is 21.7. The Morgan fingerprint density at radius 3 is 2.48 bits per heavy atom. The van der Waals surface area contributed by atoms with Gasteiger partial charge in [0.1, 0.15) is 11.2 Å². The number of likely N-dealkylation sites (N-methyl/N-ethyl adjacent to an activating group) is 1. The first-order valence-electron chi connectivity index (χ1n) is 11.1. The number of amides is 1. The molecule has 0 aliphatic carbocycles. The van der Waals surface area contributed by atoms with Crippen LogP contribution in [-0.4, -0.2) is 48.9 Å². The lowest BCUT2D eigenvalue weighted by Crippen LogP contribution is -2.47. The van der Waals surface area contributed by atoms with Gasteiger partial charge in [0.25, 0.3) is 0 Å². The van der Waals surface area contributed by atoms with E-state index in [1.165, 1.54) is 0 Å². The van der Waals surface area contributed by atoms with Gasteiger partial charge in [0.05, 0.1) is 6.26 Å². The average molecular weight is 465 g/mol. The topological polar surface area (TPSA) is 66.9 Å². The number of carbonyl (C=O) groups excluding carboxylic acids is 1. The molecule has 1 fully saturated rings. The maximum Gasteiger partial charge on any atom is 0.339 e. The van der Waals surface area contributed by atoms with E-state index in [0.717, 1.165) is 53.6 Å². The van der Waals surface area contributed by atoms with Crippen LogP contribution in [-0.2, 0) is 11.2 Å². The lowest BCUT2D eigenvalue weighted by molar-refractivity contribution is -0.132. The Bertz CT molecular complexity index is 1400. The number of hydrogen-bond donors (Lipinski definition) is 0. The van der Waals surface area contributed by atoms with Crippen LogP contribution in [0.2, 0.25) is 5.02 Å². The Morgan fingerprint density at radius 1 is 1.03 bits per heavy atom. The summed E-state index contributed by atoms with van der Waals surface area (Å²) in [6.45, 7) is 5.13. The second-order valence-electron chi connectivity index (χ2n) is 8.68. The van der Waals surface area contributed by atoms with Crippen LogP contribution >= 0.6 is 11.6 Å². The summed E-state index contributed by atoms with van der Waals surface area (Å²) in [5.41, 5.74) is 4.07. The number of furan rings is 1. The number of hydrogen-bond acceptors (Lipinski definition) is 5. The Hall–Kier alpha value is -3.09. The quantitative estimate of drug-likeness (QED) is 0.403. The van der Waals surface area contributed by atoms with E-state index >= 15 is 0 Å². The maximum absolute atomic E-state index is 12.7. The number of carbonyl (C=O) groups is 1. The molecular weight excluding hydrogens is 440 g/mol.